The van der Waals surface area contributed by atoms with Gasteiger partial charge in [0, 0.05) is 4.91 Å². The van der Waals surface area contributed by atoms with Crippen molar-refractivity contribution in [2.24, 2.45) is 0 Å². The number of thioether (sulfide) groups is 2. The Morgan fingerprint density at radius 2 is 1.86 bits per heavy atom. The Kier molecular flexibility index (Phi) is 4.39. The number of hydrogen-bond acceptors (Lipinski definition) is 2. The normalized spacial score (nSPS) is 29.1. The van der Waals surface area contributed by atoms with Gasteiger partial charge in [-0.2, -0.15) is 11.8 Å². The highest BCUT2D eigenvalue weighted by atomic mass is 32.2. The van der Waals surface area contributed by atoms with E-state index in [2.05, 4.69) is 46.1 Å². The van der Waals surface area contributed by atoms with Crippen molar-refractivity contribution in [1.82, 2.24) is 0 Å². The third-order valence-electron chi connectivity index (χ3n) is 2.59. The second-order valence-corrected chi connectivity index (χ2v) is 5.55. The summed E-state index contributed by atoms with van der Waals surface area (Å²) in [6.45, 7) is 8.73. The van der Waals surface area contributed by atoms with E-state index in [9.17, 15) is 0 Å². The van der Waals surface area contributed by atoms with Crippen molar-refractivity contribution in [3.63, 3.8) is 0 Å². The molecule has 0 radical (unpaired) electrons. The van der Waals surface area contributed by atoms with E-state index < -0.39 is 0 Å². The third-order valence-corrected chi connectivity index (χ3v) is 4.99. The van der Waals surface area contributed by atoms with E-state index in [1.54, 1.807) is 0 Å². The average molecular weight is 226 g/mol. The maximum Gasteiger partial charge on any atom is 0.0519 e. The minimum absolute atomic E-state index is 0.562. The minimum atomic E-state index is 0.562. The van der Waals surface area contributed by atoms with E-state index in [0.29, 0.717) is 5.25 Å². The van der Waals surface area contributed by atoms with Crippen LogP contribution < -0.4 is 0 Å². The molecule has 1 rings (SSSR count). The summed E-state index contributed by atoms with van der Waals surface area (Å²) >= 11 is 3.83. The van der Waals surface area contributed by atoms with Gasteiger partial charge in [0.25, 0.3) is 0 Å². The van der Waals surface area contributed by atoms with Crippen molar-refractivity contribution < 1.29 is 0 Å². The van der Waals surface area contributed by atoms with Gasteiger partial charge >= 0.3 is 0 Å². The van der Waals surface area contributed by atoms with E-state index in [4.69, 9.17) is 0 Å². The van der Waals surface area contributed by atoms with Crippen LogP contribution in [0.3, 0.4) is 0 Å². The molecule has 2 heteroatoms. The summed E-state index contributed by atoms with van der Waals surface area (Å²) in [5.74, 6) is 0. The van der Waals surface area contributed by atoms with Crippen molar-refractivity contribution in [3.8, 4) is 0 Å². The van der Waals surface area contributed by atoms with Crippen molar-refractivity contribution >= 4 is 23.5 Å². The standard InChI is InChI=1S/C12H18S2/c1-6-10-11(7-2)14-9(4)8(3)12(10)13-5/h6-7,12H,1-5H3/b10-6+,11-7+. The molecular weight excluding hydrogens is 208 g/mol. The Labute approximate surface area is 95.9 Å². The van der Waals surface area contributed by atoms with Gasteiger partial charge in [0.05, 0.1) is 5.25 Å². The molecule has 14 heavy (non-hydrogen) atoms. The minimum Gasteiger partial charge on any atom is -0.153 e. The third kappa shape index (κ3) is 2.12. The van der Waals surface area contributed by atoms with Gasteiger partial charge < -0.3 is 0 Å². The summed E-state index contributed by atoms with van der Waals surface area (Å²) in [5.41, 5.74) is 2.99. The molecule has 1 aliphatic rings. The van der Waals surface area contributed by atoms with Crippen LogP contribution in [0.1, 0.15) is 27.7 Å². The number of rotatable bonds is 1. The first-order valence-electron chi connectivity index (χ1n) is 4.86. The monoisotopic (exact) mass is 226 g/mol. The van der Waals surface area contributed by atoms with Gasteiger partial charge in [-0.25, -0.2) is 0 Å². The molecule has 0 bridgehead atoms. The van der Waals surface area contributed by atoms with Gasteiger partial charge in [0.15, 0.2) is 0 Å². The van der Waals surface area contributed by atoms with E-state index in [1.807, 2.05) is 23.5 Å². The molecule has 0 N–H and O–H groups in total. The largest absolute Gasteiger partial charge is 0.153 e. The lowest BCUT2D eigenvalue weighted by atomic mass is 10.0. The topological polar surface area (TPSA) is 0 Å². The molecular formula is C12H18S2. The van der Waals surface area contributed by atoms with Crippen LogP contribution >= 0.6 is 23.5 Å². The summed E-state index contributed by atoms with van der Waals surface area (Å²) in [7, 11) is 0. The molecule has 1 heterocycles. The van der Waals surface area contributed by atoms with Gasteiger partial charge in [0.2, 0.25) is 0 Å². The fourth-order valence-electron chi connectivity index (χ4n) is 1.67. The molecule has 0 aromatic carbocycles. The average Bonchev–Trinajstić information content (AvgIpc) is 2.20. The van der Waals surface area contributed by atoms with Crippen LogP contribution in [-0.4, -0.2) is 11.5 Å². The summed E-state index contributed by atoms with van der Waals surface area (Å²) in [4.78, 5) is 2.89. The van der Waals surface area contributed by atoms with E-state index >= 15 is 0 Å². The zero-order valence-electron chi connectivity index (χ0n) is 9.55. The molecule has 0 fully saturated rings. The Hall–Kier alpha value is -0.0800. The lowest BCUT2D eigenvalue weighted by Crippen LogP contribution is -2.14. The summed E-state index contributed by atoms with van der Waals surface area (Å²) in [5, 5.41) is 0.562. The van der Waals surface area contributed by atoms with Crippen LogP contribution in [0.4, 0.5) is 0 Å². The summed E-state index contributed by atoms with van der Waals surface area (Å²) < 4.78 is 0. The Balaban J connectivity index is 3.18. The SMILES string of the molecule is C/C=C1\C(=C/C)SC(C)=C(C)C1SC. The molecule has 0 saturated heterocycles. The highest BCUT2D eigenvalue weighted by Crippen LogP contribution is 2.45. The van der Waals surface area contributed by atoms with Gasteiger partial charge in [0.1, 0.15) is 0 Å². The predicted molar refractivity (Wildman–Crippen MR) is 70.8 cm³/mol. The molecule has 78 valence electrons. The molecule has 0 nitrogen and oxygen atoms in total. The van der Waals surface area contributed by atoms with Gasteiger partial charge in [-0.3, -0.25) is 0 Å². The zero-order valence-corrected chi connectivity index (χ0v) is 11.2. The highest BCUT2D eigenvalue weighted by Gasteiger charge is 2.24. The van der Waals surface area contributed by atoms with Gasteiger partial charge in [-0.1, -0.05) is 23.9 Å². The van der Waals surface area contributed by atoms with Crippen LogP contribution in [0.5, 0.6) is 0 Å². The quantitative estimate of drug-likeness (QED) is 0.640. The van der Waals surface area contributed by atoms with Gasteiger partial charge in [-0.05, 0) is 50.0 Å². The number of allylic oxidation sites excluding steroid dienone is 4. The first-order valence-corrected chi connectivity index (χ1v) is 6.97. The Bertz CT molecular complexity index is 308. The molecule has 1 unspecified atom stereocenters. The molecule has 0 aliphatic carbocycles. The Morgan fingerprint density at radius 3 is 2.29 bits per heavy atom. The lowest BCUT2D eigenvalue weighted by molar-refractivity contribution is 1.13. The van der Waals surface area contributed by atoms with Crippen LogP contribution in [-0.2, 0) is 0 Å². The van der Waals surface area contributed by atoms with Crippen LogP contribution in [0, 0.1) is 0 Å². The zero-order chi connectivity index (χ0) is 10.7. The van der Waals surface area contributed by atoms with Crippen LogP contribution in [0.2, 0.25) is 0 Å². The van der Waals surface area contributed by atoms with Crippen LogP contribution in [0.15, 0.2) is 33.1 Å². The molecule has 1 atom stereocenters. The van der Waals surface area contributed by atoms with Crippen molar-refractivity contribution in [2.75, 3.05) is 6.26 Å². The maximum atomic E-state index is 2.25. The first-order chi connectivity index (χ1) is 6.65. The first kappa shape index (κ1) is 12.0. The molecule has 0 aromatic heterocycles. The fourth-order valence-corrected chi connectivity index (χ4v) is 3.95. The second kappa shape index (κ2) is 5.13. The maximum absolute atomic E-state index is 2.25. The Morgan fingerprint density at radius 1 is 1.21 bits per heavy atom. The summed E-state index contributed by atoms with van der Waals surface area (Å²) in [6, 6.07) is 0. The highest BCUT2D eigenvalue weighted by molar-refractivity contribution is 8.07. The molecule has 1 aliphatic heterocycles. The fraction of sp³-hybridized carbons (Fsp3) is 0.500. The van der Waals surface area contributed by atoms with E-state index in [-0.39, 0.29) is 0 Å². The van der Waals surface area contributed by atoms with E-state index in [0.717, 1.165) is 0 Å². The second-order valence-electron chi connectivity index (χ2n) is 3.35. The summed E-state index contributed by atoms with van der Waals surface area (Å²) in [6.07, 6.45) is 6.66. The predicted octanol–water partition coefficient (Wildman–Crippen LogP) is 4.61. The van der Waals surface area contributed by atoms with E-state index in [1.165, 1.54) is 21.0 Å². The molecule has 0 spiro atoms. The smallest absolute Gasteiger partial charge is 0.0519 e. The molecule has 0 amide bonds. The van der Waals surface area contributed by atoms with Crippen molar-refractivity contribution in [1.29, 1.82) is 0 Å². The van der Waals surface area contributed by atoms with Crippen molar-refractivity contribution in [2.45, 2.75) is 32.9 Å². The number of hydrogen-bond donors (Lipinski definition) is 0. The lowest BCUT2D eigenvalue weighted by Gasteiger charge is -2.28. The molecule has 0 saturated carbocycles. The van der Waals surface area contributed by atoms with Gasteiger partial charge in [-0.15, -0.1) is 0 Å². The van der Waals surface area contributed by atoms with Crippen LogP contribution in [0.25, 0.3) is 0 Å². The molecule has 0 aromatic rings. The van der Waals surface area contributed by atoms with Crippen molar-refractivity contribution in [3.05, 3.63) is 33.1 Å².